The first kappa shape index (κ1) is 11.5. The van der Waals surface area contributed by atoms with E-state index in [1.165, 1.54) is 0 Å². The number of unbranched alkanes of at least 4 members (excludes halogenated alkanes) is 1. The number of rotatable bonds is 6. The van der Waals surface area contributed by atoms with E-state index in [0.29, 0.717) is 13.2 Å². The average molecular weight is 204 g/mol. The second-order valence-electron chi connectivity index (χ2n) is 3.06. The van der Waals surface area contributed by atoms with E-state index in [2.05, 4.69) is 5.92 Å². The molecule has 0 heterocycles. The summed E-state index contributed by atoms with van der Waals surface area (Å²) in [6, 6.07) is 7.64. The largest absolute Gasteiger partial charge is 0.494 e. The molecule has 15 heavy (non-hydrogen) atoms. The number of ether oxygens (including phenoxy) is 2. The van der Waals surface area contributed by atoms with E-state index in [4.69, 9.17) is 15.9 Å². The summed E-state index contributed by atoms with van der Waals surface area (Å²) < 4.78 is 10.9. The van der Waals surface area contributed by atoms with Crippen LogP contribution in [0.1, 0.15) is 19.8 Å². The Balaban J connectivity index is 2.40. The molecule has 1 aromatic carbocycles. The van der Waals surface area contributed by atoms with Crippen molar-refractivity contribution < 1.29 is 9.47 Å². The molecule has 0 aliphatic rings. The summed E-state index contributed by atoms with van der Waals surface area (Å²) in [6.07, 6.45) is 6.79. The van der Waals surface area contributed by atoms with Crippen molar-refractivity contribution in [3.8, 4) is 23.8 Å². The Labute approximate surface area is 91.2 Å². The smallest absolute Gasteiger partial charge is 0.122 e. The molecule has 0 radical (unpaired) electrons. The van der Waals surface area contributed by atoms with Gasteiger partial charge in [-0.2, -0.15) is 0 Å². The summed E-state index contributed by atoms with van der Waals surface area (Å²) in [5.41, 5.74) is 0. The number of benzene rings is 1. The molecule has 0 bridgehead atoms. The molecule has 0 saturated carbocycles. The van der Waals surface area contributed by atoms with Crippen LogP contribution in [0.5, 0.6) is 11.5 Å². The Morgan fingerprint density at radius 2 is 2.00 bits per heavy atom. The van der Waals surface area contributed by atoms with Crippen molar-refractivity contribution in [2.75, 3.05) is 13.2 Å². The van der Waals surface area contributed by atoms with Crippen LogP contribution in [0, 0.1) is 12.3 Å². The third-order valence-electron chi connectivity index (χ3n) is 1.85. The van der Waals surface area contributed by atoms with Gasteiger partial charge < -0.3 is 9.47 Å². The lowest BCUT2D eigenvalue weighted by atomic mass is 10.3. The Hall–Kier alpha value is -1.62. The molecule has 0 aliphatic carbocycles. The van der Waals surface area contributed by atoms with Crippen molar-refractivity contribution in [2.45, 2.75) is 19.8 Å². The minimum Gasteiger partial charge on any atom is -0.494 e. The number of hydrogen-bond donors (Lipinski definition) is 0. The molecule has 2 heteroatoms. The maximum Gasteiger partial charge on any atom is 0.122 e. The molecule has 0 N–H and O–H groups in total. The average Bonchev–Trinajstić information content (AvgIpc) is 2.26. The van der Waals surface area contributed by atoms with Crippen LogP contribution >= 0.6 is 0 Å². The van der Waals surface area contributed by atoms with E-state index in [0.717, 1.165) is 24.3 Å². The third kappa shape index (κ3) is 4.42. The molecular formula is C13H16O2. The molecule has 0 amide bonds. The highest BCUT2D eigenvalue weighted by molar-refractivity contribution is 5.32. The highest BCUT2D eigenvalue weighted by atomic mass is 16.5. The van der Waals surface area contributed by atoms with Crippen LogP contribution in [0.25, 0.3) is 0 Å². The first-order chi connectivity index (χ1) is 7.36. The van der Waals surface area contributed by atoms with Crippen molar-refractivity contribution in [2.24, 2.45) is 0 Å². The van der Waals surface area contributed by atoms with E-state index < -0.39 is 0 Å². The lowest BCUT2D eigenvalue weighted by Crippen LogP contribution is -1.97. The van der Waals surface area contributed by atoms with Crippen LogP contribution in [-0.4, -0.2) is 13.2 Å². The van der Waals surface area contributed by atoms with Crippen LogP contribution in [0.4, 0.5) is 0 Å². The zero-order chi connectivity index (χ0) is 10.9. The topological polar surface area (TPSA) is 18.5 Å². The van der Waals surface area contributed by atoms with Gasteiger partial charge in [-0.05, 0) is 25.5 Å². The van der Waals surface area contributed by atoms with E-state index >= 15 is 0 Å². The predicted octanol–water partition coefficient (Wildman–Crippen LogP) is 2.88. The summed E-state index contributed by atoms with van der Waals surface area (Å²) in [6.45, 7) is 3.28. The van der Waals surface area contributed by atoms with Crippen molar-refractivity contribution in [1.82, 2.24) is 0 Å². The van der Waals surface area contributed by atoms with Crippen molar-refractivity contribution in [3.05, 3.63) is 24.3 Å². The first-order valence-corrected chi connectivity index (χ1v) is 5.16. The normalized spacial score (nSPS) is 9.33. The Morgan fingerprint density at radius 1 is 1.27 bits per heavy atom. The SMILES string of the molecule is C#CCCCOc1cccc(OCC)c1. The fourth-order valence-corrected chi connectivity index (χ4v) is 1.18. The Morgan fingerprint density at radius 3 is 2.67 bits per heavy atom. The maximum absolute atomic E-state index is 5.52. The van der Waals surface area contributed by atoms with Crippen LogP contribution in [0.3, 0.4) is 0 Å². The summed E-state index contributed by atoms with van der Waals surface area (Å²) in [5, 5.41) is 0. The summed E-state index contributed by atoms with van der Waals surface area (Å²) in [4.78, 5) is 0. The monoisotopic (exact) mass is 204 g/mol. The highest BCUT2D eigenvalue weighted by Crippen LogP contribution is 2.19. The molecule has 80 valence electrons. The molecule has 2 nitrogen and oxygen atoms in total. The van der Waals surface area contributed by atoms with Crippen LogP contribution in [-0.2, 0) is 0 Å². The van der Waals surface area contributed by atoms with Crippen LogP contribution in [0.2, 0.25) is 0 Å². The fraction of sp³-hybridized carbons (Fsp3) is 0.385. The predicted molar refractivity (Wildman–Crippen MR) is 61.2 cm³/mol. The standard InChI is InChI=1S/C13H16O2/c1-3-5-6-10-15-13-9-7-8-12(11-13)14-4-2/h1,7-9,11H,4-6,10H2,2H3. The van der Waals surface area contributed by atoms with Gasteiger partial charge in [-0.1, -0.05) is 6.07 Å². The molecule has 0 spiro atoms. The molecule has 0 aliphatic heterocycles. The summed E-state index contributed by atoms with van der Waals surface area (Å²) in [5.74, 6) is 4.25. The van der Waals surface area contributed by atoms with Gasteiger partial charge in [0, 0.05) is 12.5 Å². The van der Waals surface area contributed by atoms with Crippen molar-refractivity contribution in [1.29, 1.82) is 0 Å². The molecule has 1 aromatic rings. The lowest BCUT2D eigenvalue weighted by molar-refractivity contribution is 0.305. The van der Waals surface area contributed by atoms with Crippen LogP contribution in [0.15, 0.2) is 24.3 Å². The highest BCUT2D eigenvalue weighted by Gasteiger charge is 1.96. The minimum absolute atomic E-state index is 0.653. The van der Waals surface area contributed by atoms with E-state index in [1.54, 1.807) is 0 Å². The Kier molecular flexibility index (Phi) is 5.18. The van der Waals surface area contributed by atoms with E-state index in [9.17, 15) is 0 Å². The molecule has 0 aromatic heterocycles. The van der Waals surface area contributed by atoms with Gasteiger partial charge in [0.25, 0.3) is 0 Å². The molecule has 0 atom stereocenters. The molecular weight excluding hydrogens is 188 g/mol. The zero-order valence-corrected chi connectivity index (χ0v) is 9.03. The quantitative estimate of drug-likeness (QED) is 0.524. The van der Waals surface area contributed by atoms with Gasteiger partial charge in [0.15, 0.2) is 0 Å². The number of hydrogen-bond acceptors (Lipinski definition) is 2. The van der Waals surface area contributed by atoms with Crippen LogP contribution < -0.4 is 9.47 Å². The fourth-order valence-electron chi connectivity index (χ4n) is 1.18. The molecule has 0 saturated heterocycles. The second kappa shape index (κ2) is 6.78. The minimum atomic E-state index is 0.653. The van der Waals surface area contributed by atoms with Gasteiger partial charge in [-0.25, -0.2) is 0 Å². The van der Waals surface area contributed by atoms with Crippen molar-refractivity contribution >= 4 is 0 Å². The molecule has 0 unspecified atom stereocenters. The van der Waals surface area contributed by atoms with Gasteiger partial charge in [0.05, 0.1) is 13.2 Å². The summed E-state index contributed by atoms with van der Waals surface area (Å²) >= 11 is 0. The second-order valence-corrected chi connectivity index (χ2v) is 3.06. The summed E-state index contributed by atoms with van der Waals surface area (Å²) in [7, 11) is 0. The number of terminal acetylenes is 1. The van der Waals surface area contributed by atoms with Gasteiger partial charge in [-0.3, -0.25) is 0 Å². The van der Waals surface area contributed by atoms with E-state index in [-0.39, 0.29) is 0 Å². The molecule has 0 fully saturated rings. The molecule has 1 rings (SSSR count). The van der Waals surface area contributed by atoms with Gasteiger partial charge in [0.2, 0.25) is 0 Å². The van der Waals surface area contributed by atoms with Gasteiger partial charge >= 0.3 is 0 Å². The van der Waals surface area contributed by atoms with E-state index in [1.807, 2.05) is 31.2 Å². The lowest BCUT2D eigenvalue weighted by Gasteiger charge is -2.07. The van der Waals surface area contributed by atoms with Gasteiger partial charge in [0.1, 0.15) is 11.5 Å². The van der Waals surface area contributed by atoms with Crippen molar-refractivity contribution in [3.63, 3.8) is 0 Å². The third-order valence-corrected chi connectivity index (χ3v) is 1.85. The zero-order valence-electron chi connectivity index (χ0n) is 9.03. The maximum atomic E-state index is 5.52. The first-order valence-electron chi connectivity index (χ1n) is 5.16. The van der Waals surface area contributed by atoms with Gasteiger partial charge in [-0.15, -0.1) is 12.3 Å². The Bertz CT molecular complexity index is 326.